The predicted molar refractivity (Wildman–Crippen MR) is 145 cm³/mol. The number of rotatable bonds is 21. The molecule has 1 heterocycles. The fraction of sp³-hybridized carbons (Fsp3) is 0.862. The van der Waals surface area contributed by atoms with Crippen LogP contribution in [0.1, 0.15) is 137 Å². The lowest BCUT2D eigenvalue weighted by Crippen LogP contribution is -2.63. The number of nitrogens with zero attached hydrogens (tertiary/aromatic N) is 2. The van der Waals surface area contributed by atoms with E-state index in [9.17, 15) is 4.79 Å². The van der Waals surface area contributed by atoms with Crippen LogP contribution in [0, 0.1) is 0 Å². The first-order valence-corrected chi connectivity index (χ1v) is 14.4. The molecule has 0 spiro atoms. The average molecular weight is 463 g/mol. The molecule has 1 aliphatic heterocycles. The Morgan fingerprint density at radius 1 is 0.909 bits per heavy atom. The molecule has 0 aromatic carbocycles. The summed E-state index contributed by atoms with van der Waals surface area (Å²) in [6.45, 7) is 10.2. The zero-order chi connectivity index (χ0) is 24.2. The van der Waals surface area contributed by atoms with Gasteiger partial charge in [0, 0.05) is 20.3 Å². The maximum atomic E-state index is 11.5. The lowest BCUT2D eigenvalue weighted by atomic mass is 10.0. The van der Waals surface area contributed by atoms with Crippen LogP contribution in [0.4, 0.5) is 0 Å². The van der Waals surface area contributed by atoms with Gasteiger partial charge < -0.3 is 5.32 Å². The number of allylic oxidation sites excluding steroid dienone is 2. The van der Waals surface area contributed by atoms with E-state index in [2.05, 4.69) is 44.5 Å². The summed E-state index contributed by atoms with van der Waals surface area (Å²) < 4.78 is 0.873. The first-order chi connectivity index (χ1) is 16.1. The molecular formula is C29H56N3O+. The third-order valence-corrected chi connectivity index (χ3v) is 7.54. The number of amides is 1. The number of carbonyl (C=O) groups is 1. The summed E-state index contributed by atoms with van der Waals surface area (Å²) in [5.74, 6) is 0.0547. The standard InChI is InChI=1S/C29H55N3O/c1-5-7-8-9-10-11-12-13-14-15-16-17-18-19-20-21-22-23-24-29-30-25-26-32(29,6-2)27(3)31-28(4)33/h18-19,25,27,29H,5-17,20-24,26H2,1-4H3/p+1/b19-18+. The molecule has 192 valence electrons. The second kappa shape index (κ2) is 19.2. The van der Waals surface area contributed by atoms with Crippen LogP contribution >= 0.6 is 0 Å². The molecule has 1 N–H and O–H groups in total. The highest BCUT2D eigenvalue weighted by molar-refractivity contribution is 5.73. The molecular weight excluding hydrogens is 406 g/mol. The molecule has 0 aliphatic carbocycles. The van der Waals surface area contributed by atoms with E-state index in [4.69, 9.17) is 4.99 Å². The van der Waals surface area contributed by atoms with Gasteiger partial charge >= 0.3 is 0 Å². The Bertz CT molecular complexity index is 545. The van der Waals surface area contributed by atoms with Crippen molar-refractivity contribution in [3.8, 4) is 0 Å². The van der Waals surface area contributed by atoms with Crippen molar-refractivity contribution in [1.29, 1.82) is 0 Å². The first kappa shape index (κ1) is 29.9. The Kier molecular flexibility index (Phi) is 17.4. The van der Waals surface area contributed by atoms with E-state index >= 15 is 0 Å². The molecule has 0 aromatic rings. The molecule has 0 saturated carbocycles. The van der Waals surface area contributed by atoms with E-state index in [1.54, 1.807) is 6.92 Å². The molecule has 1 amide bonds. The molecule has 4 nitrogen and oxygen atoms in total. The Balaban J connectivity index is 1.99. The van der Waals surface area contributed by atoms with Gasteiger partial charge in [-0.15, -0.1) is 0 Å². The van der Waals surface area contributed by atoms with Crippen molar-refractivity contribution in [2.75, 3.05) is 13.1 Å². The van der Waals surface area contributed by atoms with E-state index in [1.165, 1.54) is 103 Å². The second-order valence-corrected chi connectivity index (χ2v) is 10.2. The zero-order valence-electron chi connectivity index (χ0n) is 22.6. The maximum Gasteiger partial charge on any atom is 0.221 e. The SMILES string of the molecule is CCCCCCCCCCCCC/C=C/CCCCCC1N=CC[N+]1(CC)C(C)NC(C)=O. The average Bonchev–Trinajstić information content (AvgIpc) is 3.22. The van der Waals surface area contributed by atoms with Gasteiger partial charge in [-0.2, -0.15) is 0 Å². The fourth-order valence-corrected chi connectivity index (χ4v) is 5.29. The number of nitrogens with one attached hydrogen (secondary N) is 1. The summed E-state index contributed by atoms with van der Waals surface area (Å²) in [5, 5.41) is 3.11. The summed E-state index contributed by atoms with van der Waals surface area (Å²) >= 11 is 0. The maximum absolute atomic E-state index is 11.5. The molecule has 1 rings (SSSR count). The molecule has 0 saturated heterocycles. The Morgan fingerprint density at radius 3 is 1.94 bits per heavy atom. The predicted octanol–water partition coefficient (Wildman–Crippen LogP) is 7.92. The summed E-state index contributed by atoms with van der Waals surface area (Å²) in [7, 11) is 0. The molecule has 0 fully saturated rings. The molecule has 0 radical (unpaired) electrons. The van der Waals surface area contributed by atoms with Crippen molar-refractivity contribution >= 4 is 12.1 Å². The molecule has 4 heteroatoms. The summed E-state index contributed by atoms with van der Waals surface area (Å²) in [6.07, 6.45) is 30.3. The van der Waals surface area contributed by atoms with Gasteiger partial charge in [-0.05, 0) is 39.0 Å². The van der Waals surface area contributed by atoms with Crippen molar-refractivity contribution in [2.24, 2.45) is 4.99 Å². The Hall–Kier alpha value is -1.16. The summed E-state index contributed by atoms with van der Waals surface area (Å²) in [6, 6.07) is 0. The lowest BCUT2D eigenvalue weighted by molar-refractivity contribution is -0.959. The molecule has 0 aromatic heterocycles. The normalized spacial score (nSPS) is 21.2. The molecule has 1 aliphatic rings. The third kappa shape index (κ3) is 12.8. The summed E-state index contributed by atoms with van der Waals surface area (Å²) in [5.41, 5.74) is 0. The van der Waals surface area contributed by atoms with Crippen LogP contribution in [0.3, 0.4) is 0 Å². The van der Waals surface area contributed by atoms with Crippen LogP contribution in [0.5, 0.6) is 0 Å². The Labute approximate surface area is 206 Å². The van der Waals surface area contributed by atoms with E-state index in [1.807, 2.05) is 0 Å². The van der Waals surface area contributed by atoms with Gasteiger partial charge in [-0.25, -0.2) is 4.99 Å². The monoisotopic (exact) mass is 462 g/mol. The minimum Gasteiger partial charge on any atom is -0.307 e. The first-order valence-electron chi connectivity index (χ1n) is 14.4. The van der Waals surface area contributed by atoms with Gasteiger partial charge in [-0.1, -0.05) is 89.7 Å². The van der Waals surface area contributed by atoms with Crippen LogP contribution in [0.15, 0.2) is 17.1 Å². The number of aliphatic imine (C=N–C) groups is 1. The van der Waals surface area contributed by atoms with Crippen LogP contribution in [0.2, 0.25) is 0 Å². The van der Waals surface area contributed by atoms with E-state index < -0.39 is 0 Å². The van der Waals surface area contributed by atoms with Crippen LogP contribution in [-0.2, 0) is 4.79 Å². The minimum absolute atomic E-state index is 0.0547. The number of hydrogen-bond donors (Lipinski definition) is 1. The van der Waals surface area contributed by atoms with E-state index in [-0.39, 0.29) is 12.1 Å². The van der Waals surface area contributed by atoms with Gasteiger partial charge in [-0.3, -0.25) is 9.28 Å². The number of unbranched alkanes of at least 4 members (excludes halogenated alkanes) is 14. The van der Waals surface area contributed by atoms with Crippen molar-refractivity contribution in [3.63, 3.8) is 0 Å². The van der Waals surface area contributed by atoms with Crippen molar-refractivity contribution in [1.82, 2.24) is 5.32 Å². The van der Waals surface area contributed by atoms with Gasteiger partial charge in [0.15, 0.2) is 12.3 Å². The molecule has 33 heavy (non-hydrogen) atoms. The zero-order valence-corrected chi connectivity index (χ0v) is 22.6. The number of carbonyl (C=O) groups excluding carboxylic acids is 1. The van der Waals surface area contributed by atoms with Gasteiger partial charge in [0.2, 0.25) is 5.91 Å². The highest BCUT2D eigenvalue weighted by Crippen LogP contribution is 2.27. The Morgan fingerprint density at radius 2 is 1.42 bits per heavy atom. The topological polar surface area (TPSA) is 41.5 Å². The largest absolute Gasteiger partial charge is 0.307 e. The van der Waals surface area contributed by atoms with Gasteiger partial charge in [0.25, 0.3) is 0 Å². The second-order valence-electron chi connectivity index (χ2n) is 10.2. The molecule has 3 atom stereocenters. The lowest BCUT2D eigenvalue weighted by Gasteiger charge is -2.42. The fourth-order valence-electron chi connectivity index (χ4n) is 5.29. The molecule has 3 unspecified atom stereocenters. The third-order valence-electron chi connectivity index (χ3n) is 7.54. The quantitative estimate of drug-likeness (QED) is 0.105. The van der Waals surface area contributed by atoms with E-state index in [0.717, 1.165) is 24.0 Å². The highest BCUT2D eigenvalue weighted by Gasteiger charge is 2.42. The van der Waals surface area contributed by atoms with Crippen molar-refractivity contribution in [2.45, 2.75) is 149 Å². The smallest absolute Gasteiger partial charge is 0.221 e. The number of hydrogen-bond acceptors (Lipinski definition) is 2. The van der Waals surface area contributed by atoms with Crippen LogP contribution in [-0.4, -0.2) is 42.0 Å². The van der Waals surface area contributed by atoms with Crippen molar-refractivity contribution < 1.29 is 9.28 Å². The van der Waals surface area contributed by atoms with Gasteiger partial charge in [0.05, 0.1) is 12.8 Å². The minimum atomic E-state index is 0.0547. The number of quaternary nitrogens is 1. The van der Waals surface area contributed by atoms with Crippen LogP contribution in [0.25, 0.3) is 0 Å². The van der Waals surface area contributed by atoms with Crippen molar-refractivity contribution in [3.05, 3.63) is 12.2 Å². The molecule has 0 bridgehead atoms. The highest BCUT2D eigenvalue weighted by atomic mass is 16.1. The van der Waals surface area contributed by atoms with Crippen LogP contribution < -0.4 is 5.32 Å². The van der Waals surface area contributed by atoms with E-state index in [0.29, 0.717) is 6.17 Å². The van der Waals surface area contributed by atoms with Gasteiger partial charge in [0.1, 0.15) is 6.54 Å². The summed E-state index contributed by atoms with van der Waals surface area (Å²) in [4.78, 5) is 16.3.